The SMILES string of the molecule is CC[C@H](C)NC(=O)c1ccccc1NC(=O)CN(c1ccc(Cl)cc1C)S(=O)(=O)c1ccccc1. The van der Waals surface area contributed by atoms with Crippen LogP contribution in [0.15, 0.2) is 77.7 Å². The Bertz CT molecular complexity index is 1310. The van der Waals surface area contributed by atoms with E-state index in [-0.39, 0.29) is 16.8 Å². The second-order valence-electron chi connectivity index (χ2n) is 8.13. The molecular formula is C26H28ClN3O4S. The Hall–Kier alpha value is -3.36. The molecular weight excluding hydrogens is 486 g/mol. The maximum Gasteiger partial charge on any atom is 0.264 e. The van der Waals surface area contributed by atoms with E-state index >= 15 is 0 Å². The maximum absolute atomic E-state index is 13.5. The van der Waals surface area contributed by atoms with Crippen molar-refractivity contribution in [1.82, 2.24) is 5.32 Å². The van der Waals surface area contributed by atoms with Gasteiger partial charge in [0.15, 0.2) is 0 Å². The second kappa shape index (κ2) is 11.4. The molecule has 0 saturated carbocycles. The minimum absolute atomic E-state index is 0.0364. The summed E-state index contributed by atoms with van der Waals surface area (Å²) < 4.78 is 28.1. The molecule has 0 heterocycles. The number of nitrogens with zero attached hydrogens (tertiary/aromatic N) is 1. The number of hydrogen-bond acceptors (Lipinski definition) is 4. The molecule has 3 rings (SSSR count). The summed E-state index contributed by atoms with van der Waals surface area (Å²) in [5.74, 6) is -0.916. The van der Waals surface area contributed by atoms with Crippen molar-refractivity contribution < 1.29 is 18.0 Å². The van der Waals surface area contributed by atoms with Crippen molar-refractivity contribution in [1.29, 1.82) is 0 Å². The van der Waals surface area contributed by atoms with Gasteiger partial charge in [-0.25, -0.2) is 8.42 Å². The fourth-order valence-electron chi connectivity index (χ4n) is 3.43. The molecule has 7 nitrogen and oxygen atoms in total. The molecule has 0 unspecified atom stereocenters. The topological polar surface area (TPSA) is 95.6 Å². The summed E-state index contributed by atoms with van der Waals surface area (Å²) in [6, 6.07) is 19.2. The number of halogens is 1. The molecule has 0 fully saturated rings. The molecule has 1 atom stereocenters. The number of rotatable bonds is 9. The number of amides is 2. The number of benzene rings is 3. The number of carbonyl (C=O) groups is 2. The highest BCUT2D eigenvalue weighted by molar-refractivity contribution is 7.92. The zero-order chi connectivity index (χ0) is 25.6. The summed E-state index contributed by atoms with van der Waals surface area (Å²) in [6.45, 7) is 5.07. The lowest BCUT2D eigenvalue weighted by Gasteiger charge is -2.26. The summed E-state index contributed by atoms with van der Waals surface area (Å²) in [4.78, 5) is 25.9. The smallest absolute Gasteiger partial charge is 0.264 e. The third-order valence-electron chi connectivity index (χ3n) is 5.48. The van der Waals surface area contributed by atoms with Crippen LogP contribution < -0.4 is 14.9 Å². The Morgan fingerprint density at radius 2 is 1.66 bits per heavy atom. The summed E-state index contributed by atoms with van der Waals surface area (Å²) in [5.41, 5.74) is 1.51. The number of anilines is 2. The monoisotopic (exact) mass is 513 g/mol. The Morgan fingerprint density at radius 1 is 1.00 bits per heavy atom. The van der Waals surface area contributed by atoms with Crippen molar-refractivity contribution in [3.63, 3.8) is 0 Å². The highest BCUT2D eigenvalue weighted by Crippen LogP contribution is 2.29. The Labute approximate surface area is 211 Å². The number of para-hydroxylation sites is 1. The largest absolute Gasteiger partial charge is 0.350 e. The van der Waals surface area contributed by atoms with Crippen LogP contribution in [0.5, 0.6) is 0 Å². The number of carbonyl (C=O) groups excluding carboxylic acids is 2. The average Bonchev–Trinajstić information content (AvgIpc) is 2.83. The quantitative estimate of drug-likeness (QED) is 0.420. The molecule has 0 aromatic heterocycles. The van der Waals surface area contributed by atoms with Crippen LogP contribution in [0.1, 0.15) is 36.2 Å². The molecule has 0 radical (unpaired) electrons. The van der Waals surface area contributed by atoms with Gasteiger partial charge in [0.2, 0.25) is 5.91 Å². The zero-order valence-corrected chi connectivity index (χ0v) is 21.4. The van der Waals surface area contributed by atoms with Crippen LogP contribution in [0, 0.1) is 6.92 Å². The molecule has 3 aromatic carbocycles. The maximum atomic E-state index is 13.5. The molecule has 0 saturated heterocycles. The second-order valence-corrected chi connectivity index (χ2v) is 10.4. The van der Waals surface area contributed by atoms with E-state index in [0.29, 0.717) is 27.5 Å². The molecule has 9 heteroatoms. The predicted molar refractivity (Wildman–Crippen MR) is 139 cm³/mol. The van der Waals surface area contributed by atoms with Gasteiger partial charge in [-0.05, 0) is 68.3 Å². The van der Waals surface area contributed by atoms with Crippen molar-refractivity contribution in [3.8, 4) is 0 Å². The predicted octanol–water partition coefficient (Wildman–Crippen LogP) is 5.01. The van der Waals surface area contributed by atoms with Crippen LogP contribution in [0.2, 0.25) is 5.02 Å². The van der Waals surface area contributed by atoms with Crippen LogP contribution >= 0.6 is 11.6 Å². The first kappa shape index (κ1) is 26.2. The Balaban J connectivity index is 1.94. The number of hydrogen-bond donors (Lipinski definition) is 2. The van der Waals surface area contributed by atoms with Crippen LogP contribution in [-0.4, -0.2) is 32.8 Å². The highest BCUT2D eigenvalue weighted by atomic mass is 35.5. The van der Waals surface area contributed by atoms with E-state index in [2.05, 4.69) is 10.6 Å². The van der Waals surface area contributed by atoms with Gasteiger partial charge in [0, 0.05) is 11.1 Å². The van der Waals surface area contributed by atoms with E-state index in [1.54, 1.807) is 67.6 Å². The number of aryl methyl sites for hydroxylation is 1. The lowest BCUT2D eigenvalue weighted by Crippen LogP contribution is -2.39. The fraction of sp³-hybridized carbons (Fsp3) is 0.231. The van der Waals surface area contributed by atoms with E-state index < -0.39 is 22.5 Å². The van der Waals surface area contributed by atoms with E-state index in [4.69, 9.17) is 11.6 Å². The van der Waals surface area contributed by atoms with Gasteiger partial charge < -0.3 is 10.6 Å². The van der Waals surface area contributed by atoms with Crippen molar-refractivity contribution in [2.45, 2.75) is 38.1 Å². The summed E-state index contributed by atoms with van der Waals surface area (Å²) >= 11 is 6.07. The van der Waals surface area contributed by atoms with Gasteiger partial charge in [0.1, 0.15) is 6.54 Å². The van der Waals surface area contributed by atoms with Crippen molar-refractivity contribution in [2.75, 3.05) is 16.2 Å². The molecule has 0 aliphatic rings. The standard InChI is InChI=1S/C26H28ClN3O4S/c1-4-19(3)28-26(32)22-12-8-9-13-23(22)29-25(31)17-30(24-15-14-20(27)16-18(24)2)35(33,34)21-10-6-5-7-11-21/h5-16,19H,4,17H2,1-3H3,(H,28,32)(H,29,31)/t19-/m0/s1. The molecule has 2 N–H and O–H groups in total. The third kappa shape index (κ3) is 6.41. The molecule has 35 heavy (non-hydrogen) atoms. The van der Waals surface area contributed by atoms with Gasteiger partial charge in [-0.1, -0.05) is 48.9 Å². The molecule has 184 valence electrons. The van der Waals surface area contributed by atoms with Gasteiger partial charge in [-0.2, -0.15) is 0 Å². The molecule has 0 aliphatic heterocycles. The molecule has 0 aliphatic carbocycles. The minimum atomic E-state index is -4.07. The zero-order valence-electron chi connectivity index (χ0n) is 19.8. The van der Waals surface area contributed by atoms with E-state index in [1.165, 1.54) is 12.1 Å². The molecule has 3 aromatic rings. The van der Waals surface area contributed by atoms with Gasteiger partial charge in [0.25, 0.3) is 15.9 Å². The van der Waals surface area contributed by atoms with Gasteiger partial charge in [-0.15, -0.1) is 0 Å². The third-order valence-corrected chi connectivity index (χ3v) is 7.49. The fourth-order valence-corrected chi connectivity index (χ4v) is 5.17. The van der Waals surface area contributed by atoms with Gasteiger partial charge >= 0.3 is 0 Å². The van der Waals surface area contributed by atoms with Crippen LogP contribution in [-0.2, 0) is 14.8 Å². The van der Waals surface area contributed by atoms with Crippen molar-refractivity contribution >= 4 is 44.8 Å². The number of sulfonamides is 1. The summed E-state index contributed by atoms with van der Waals surface area (Å²) in [7, 11) is -4.07. The van der Waals surface area contributed by atoms with Crippen LogP contribution in [0.4, 0.5) is 11.4 Å². The number of nitrogens with one attached hydrogen (secondary N) is 2. The molecule has 2 amide bonds. The summed E-state index contributed by atoms with van der Waals surface area (Å²) in [5, 5.41) is 6.03. The Morgan fingerprint density at radius 3 is 2.31 bits per heavy atom. The molecule has 0 spiro atoms. The Kier molecular flexibility index (Phi) is 8.53. The van der Waals surface area contributed by atoms with Crippen molar-refractivity contribution in [2.24, 2.45) is 0 Å². The average molecular weight is 514 g/mol. The van der Waals surface area contributed by atoms with E-state index in [1.807, 2.05) is 13.8 Å². The first-order valence-corrected chi connectivity index (χ1v) is 13.0. The first-order chi connectivity index (χ1) is 16.6. The van der Waals surface area contributed by atoms with Crippen LogP contribution in [0.3, 0.4) is 0 Å². The normalized spacial score (nSPS) is 12.0. The van der Waals surface area contributed by atoms with E-state index in [9.17, 15) is 18.0 Å². The lowest BCUT2D eigenvalue weighted by molar-refractivity contribution is -0.114. The van der Waals surface area contributed by atoms with Gasteiger partial charge in [-0.3, -0.25) is 13.9 Å². The lowest BCUT2D eigenvalue weighted by atomic mass is 10.1. The van der Waals surface area contributed by atoms with Gasteiger partial charge in [0.05, 0.1) is 21.8 Å². The molecule has 0 bridgehead atoms. The summed E-state index contributed by atoms with van der Waals surface area (Å²) in [6.07, 6.45) is 0.757. The minimum Gasteiger partial charge on any atom is -0.350 e. The van der Waals surface area contributed by atoms with E-state index in [0.717, 1.165) is 10.7 Å². The van der Waals surface area contributed by atoms with Crippen LogP contribution in [0.25, 0.3) is 0 Å². The first-order valence-electron chi connectivity index (χ1n) is 11.2. The van der Waals surface area contributed by atoms with Crippen molar-refractivity contribution in [3.05, 3.63) is 88.9 Å². The highest BCUT2D eigenvalue weighted by Gasteiger charge is 2.28.